The molecule has 1 N–H and O–H groups in total. The van der Waals surface area contributed by atoms with Crippen molar-refractivity contribution in [2.45, 2.75) is 23.0 Å². The van der Waals surface area contributed by atoms with E-state index in [9.17, 15) is 26.0 Å². The second kappa shape index (κ2) is 9.41. The van der Waals surface area contributed by atoms with E-state index >= 15 is 0 Å². The average Bonchev–Trinajstić information content (AvgIpc) is 2.74. The van der Waals surface area contributed by atoms with Gasteiger partial charge in [0.2, 0.25) is 15.9 Å². The Kier molecular flexibility index (Phi) is 7.07. The molecule has 1 aromatic heterocycles. The van der Waals surface area contributed by atoms with Crippen molar-refractivity contribution in [3.8, 4) is 0 Å². The molecular formula is C20H24FN3O5S2. The van der Waals surface area contributed by atoms with Gasteiger partial charge in [-0.05, 0) is 48.7 Å². The monoisotopic (exact) mass is 469 g/mol. The highest BCUT2D eigenvalue weighted by molar-refractivity contribution is 7.91. The molecule has 3 rings (SSSR count). The molecule has 8 nitrogen and oxygen atoms in total. The second-order valence-corrected chi connectivity index (χ2v) is 11.6. The summed E-state index contributed by atoms with van der Waals surface area (Å²) in [5.74, 6) is -1.27. The molecule has 0 spiro atoms. The molecule has 0 saturated carbocycles. The fraction of sp³-hybridized carbons (Fsp3) is 0.400. The Morgan fingerprint density at radius 3 is 2.35 bits per heavy atom. The molecule has 1 saturated heterocycles. The smallest absolute Gasteiger partial charge is 0.223 e. The number of sulfonamides is 1. The summed E-state index contributed by atoms with van der Waals surface area (Å²) >= 11 is 0. The predicted octanol–water partition coefficient (Wildman–Crippen LogP) is 1.52. The van der Waals surface area contributed by atoms with E-state index in [1.54, 1.807) is 12.1 Å². The maximum atomic E-state index is 13.3. The normalized spacial score (nSPS) is 17.2. The number of rotatable bonds is 7. The van der Waals surface area contributed by atoms with E-state index in [2.05, 4.69) is 10.3 Å². The predicted molar refractivity (Wildman–Crippen MR) is 113 cm³/mol. The van der Waals surface area contributed by atoms with Gasteiger partial charge in [-0.3, -0.25) is 9.78 Å². The Balaban J connectivity index is 1.75. The first kappa shape index (κ1) is 23.3. The van der Waals surface area contributed by atoms with Crippen LogP contribution in [0.5, 0.6) is 0 Å². The molecule has 2 heterocycles. The fourth-order valence-electron chi connectivity index (χ4n) is 3.55. The van der Waals surface area contributed by atoms with Crippen LogP contribution in [-0.4, -0.2) is 57.9 Å². The van der Waals surface area contributed by atoms with Crippen molar-refractivity contribution in [1.82, 2.24) is 14.6 Å². The van der Waals surface area contributed by atoms with Gasteiger partial charge < -0.3 is 5.32 Å². The van der Waals surface area contributed by atoms with Crippen LogP contribution in [-0.2, 0) is 24.7 Å². The van der Waals surface area contributed by atoms with Crippen LogP contribution in [0, 0.1) is 11.7 Å². The quantitative estimate of drug-likeness (QED) is 0.615. The molecule has 2 aromatic rings. The van der Waals surface area contributed by atoms with Gasteiger partial charge in [0, 0.05) is 37.9 Å². The fourth-order valence-corrected chi connectivity index (χ4v) is 6.07. The standard InChI is InChI=1S/C20H24FN3O5S2/c1-30(26,27)24-11-8-15(9-12-24)20(25)23-14-19(16-3-2-10-22-13-16)31(28,29)18-6-4-17(21)5-7-18/h2-7,10,13,15,19H,8-9,11-12,14H2,1H3,(H,23,25). The largest absolute Gasteiger partial charge is 0.354 e. The summed E-state index contributed by atoms with van der Waals surface area (Å²) in [5, 5.41) is 1.60. The van der Waals surface area contributed by atoms with Crippen LogP contribution < -0.4 is 5.32 Å². The number of piperidine rings is 1. The molecular weight excluding hydrogens is 445 g/mol. The summed E-state index contributed by atoms with van der Waals surface area (Å²) in [6.45, 7) is 0.310. The molecule has 168 valence electrons. The Labute approximate surface area is 181 Å². The van der Waals surface area contributed by atoms with Crippen LogP contribution in [0.15, 0.2) is 53.7 Å². The maximum absolute atomic E-state index is 13.3. The highest BCUT2D eigenvalue weighted by atomic mass is 32.2. The minimum absolute atomic E-state index is 0.0570. The van der Waals surface area contributed by atoms with Gasteiger partial charge >= 0.3 is 0 Å². The topological polar surface area (TPSA) is 114 Å². The number of benzene rings is 1. The molecule has 0 radical (unpaired) electrons. The van der Waals surface area contributed by atoms with E-state index in [4.69, 9.17) is 0 Å². The molecule has 1 aliphatic rings. The first-order valence-electron chi connectivity index (χ1n) is 9.71. The molecule has 1 fully saturated rings. The summed E-state index contributed by atoms with van der Waals surface area (Å²) in [6, 6.07) is 7.73. The molecule has 1 unspecified atom stereocenters. The van der Waals surface area contributed by atoms with Crippen LogP contribution in [0.1, 0.15) is 23.7 Å². The van der Waals surface area contributed by atoms with Crippen LogP contribution >= 0.6 is 0 Å². The van der Waals surface area contributed by atoms with Crippen molar-refractivity contribution >= 4 is 25.8 Å². The van der Waals surface area contributed by atoms with Crippen molar-refractivity contribution in [3.05, 3.63) is 60.2 Å². The van der Waals surface area contributed by atoms with Crippen LogP contribution in [0.2, 0.25) is 0 Å². The zero-order valence-electron chi connectivity index (χ0n) is 16.9. The lowest BCUT2D eigenvalue weighted by atomic mass is 9.97. The van der Waals surface area contributed by atoms with Gasteiger partial charge in [0.1, 0.15) is 11.1 Å². The summed E-state index contributed by atoms with van der Waals surface area (Å²) in [6.07, 6.45) is 4.79. The van der Waals surface area contributed by atoms with Crippen molar-refractivity contribution < 1.29 is 26.0 Å². The molecule has 31 heavy (non-hydrogen) atoms. The van der Waals surface area contributed by atoms with Gasteiger partial charge in [0.25, 0.3) is 0 Å². The number of nitrogens with zero attached hydrogens (tertiary/aromatic N) is 2. The van der Waals surface area contributed by atoms with E-state index in [1.165, 1.54) is 28.8 Å². The lowest BCUT2D eigenvalue weighted by Gasteiger charge is -2.29. The number of aromatic nitrogens is 1. The third-order valence-corrected chi connectivity index (χ3v) is 8.75. The molecule has 1 aliphatic heterocycles. The summed E-state index contributed by atoms with van der Waals surface area (Å²) in [7, 11) is -7.24. The highest BCUT2D eigenvalue weighted by Crippen LogP contribution is 2.28. The van der Waals surface area contributed by atoms with E-state index in [1.807, 2.05) is 0 Å². The second-order valence-electron chi connectivity index (χ2n) is 7.46. The molecule has 11 heteroatoms. The van der Waals surface area contributed by atoms with E-state index in [0.717, 1.165) is 18.4 Å². The van der Waals surface area contributed by atoms with Crippen molar-refractivity contribution in [1.29, 1.82) is 0 Å². The van der Waals surface area contributed by atoms with Crippen LogP contribution in [0.3, 0.4) is 0 Å². The van der Waals surface area contributed by atoms with Crippen LogP contribution in [0.4, 0.5) is 4.39 Å². The third-order valence-electron chi connectivity index (χ3n) is 5.33. The Bertz CT molecular complexity index is 1120. The maximum Gasteiger partial charge on any atom is 0.223 e. The molecule has 1 amide bonds. The zero-order valence-corrected chi connectivity index (χ0v) is 18.6. The number of hydrogen-bond acceptors (Lipinski definition) is 6. The number of sulfone groups is 1. The SMILES string of the molecule is CS(=O)(=O)N1CCC(C(=O)NCC(c2cccnc2)S(=O)(=O)c2ccc(F)cc2)CC1. The number of carbonyl (C=O) groups excluding carboxylic acids is 1. The van der Waals surface area contributed by atoms with Gasteiger partial charge in [0.05, 0.1) is 11.2 Å². The number of amides is 1. The average molecular weight is 470 g/mol. The summed E-state index contributed by atoms with van der Waals surface area (Å²) in [4.78, 5) is 16.6. The zero-order chi connectivity index (χ0) is 22.6. The lowest BCUT2D eigenvalue weighted by molar-refractivity contribution is -0.126. The first-order chi connectivity index (χ1) is 14.6. The minimum atomic E-state index is -3.93. The number of carbonyl (C=O) groups is 1. The van der Waals surface area contributed by atoms with Gasteiger partial charge in [-0.25, -0.2) is 25.5 Å². The molecule has 1 aromatic carbocycles. The highest BCUT2D eigenvalue weighted by Gasteiger charge is 2.32. The van der Waals surface area contributed by atoms with E-state index in [0.29, 0.717) is 18.4 Å². The first-order valence-corrected chi connectivity index (χ1v) is 13.1. The number of hydrogen-bond donors (Lipinski definition) is 1. The number of nitrogens with one attached hydrogen (secondary N) is 1. The van der Waals surface area contributed by atoms with Crippen molar-refractivity contribution in [2.24, 2.45) is 5.92 Å². The molecule has 0 aliphatic carbocycles. The van der Waals surface area contributed by atoms with Crippen LogP contribution in [0.25, 0.3) is 0 Å². The number of pyridine rings is 1. The Hall–Kier alpha value is -2.37. The Morgan fingerprint density at radius 1 is 1.16 bits per heavy atom. The third kappa shape index (κ3) is 5.66. The van der Waals surface area contributed by atoms with E-state index < -0.39 is 36.8 Å². The lowest BCUT2D eigenvalue weighted by Crippen LogP contribution is -2.43. The van der Waals surface area contributed by atoms with Crippen molar-refractivity contribution in [2.75, 3.05) is 25.9 Å². The molecule has 0 bridgehead atoms. The van der Waals surface area contributed by atoms with Gasteiger partial charge in [0.15, 0.2) is 9.84 Å². The van der Waals surface area contributed by atoms with Crippen molar-refractivity contribution in [3.63, 3.8) is 0 Å². The van der Waals surface area contributed by atoms with Gasteiger partial charge in [-0.2, -0.15) is 0 Å². The Morgan fingerprint density at radius 2 is 1.81 bits per heavy atom. The minimum Gasteiger partial charge on any atom is -0.354 e. The summed E-state index contributed by atoms with van der Waals surface area (Å²) in [5.41, 5.74) is 0.402. The number of halogens is 1. The van der Waals surface area contributed by atoms with Gasteiger partial charge in [-0.1, -0.05) is 6.07 Å². The molecule has 1 atom stereocenters. The van der Waals surface area contributed by atoms with Gasteiger partial charge in [-0.15, -0.1) is 0 Å². The van der Waals surface area contributed by atoms with E-state index in [-0.39, 0.29) is 30.4 Å². The summed E-state index contributed by atoms with van der Waals surface area (Å²) < 4.78 is 64.3.